The van der Waals surface area contributed by atoms with Gasteiger partial charge in [-0.2, -0.15) is 0 Å². The molecule has 4 heteroatoms. The Balaban J connectivity index is 1.87. The first-order valence-corrected chi connectivity index (χ1v) is 6.37. The summed E-state index contributed by atoms with van der Waals surface area (Å²) in [5, 5.41) is 2.77. The third kappa shape index (κ3) is 3.68. The average Bonchev–Trinajstić information content (AvgIpc) is 3.22. The van der Waals surface area contributed by atoms with Gasteiger partial charge in [0.15, 0.2) is 0 Å². The molecule has 100 valence electrons. The third-order valence-corrected chi connectivity index (χ3v) is 3.17. The second-order valence-electron chi connectivity index (χ2n) is 4.84. The summed E-state index contributed by atoms with van der Waals surface area (Å²) in [4.78, 5) is 24.3. The molecule has 2 amide bonds. The number of carbonyl (C=O) groups excluding carboxylic acids is 2. The maximum absolute atomic E-state index is 11.7. The van der Waals surface area contributed by atoms with Crippen LogP contribution in [-0.2, 0) is 9.59 Å². The molecular formula is C15H18N2O2. The number of anilines is 1. The minimum absolute atomic E-state index is 0.0230. The largest absolute Gasteiger partial charge is 0.333 e. The van der Waals surface area contributed by atoms with E-state index in [0.717, 1.165) is 5.69 Å². The lowest BCUT2D eigenvalue weighted by Gasteiger charge is -2.14. The van der Waals surface area contributed by atoms with Gasteiger partial charge in [0.1, 0.15) is 0 Å². The van der Waals surface area contributed by atoms with Crippen LogP contribution in [-0.4, -0.2) is 30.3 Å². The number of nitrogens with zero attached hydrogens (tertiary/aromatic N) is 1. The minimum Gasteiger partial charge on any atom is -0.333 e. The highest BCUT2D eigenvalue weighted by atomic mass is 16.2. The standard InChI is InChI=1S/C15H18N2O2/c1-3-15(19)17(2)10-14(18)16-13-8-6-12(7-9-13)11-4-5-11/h3,6-9,11H,1,4-5,10H2,2H3,(H,16,18). The van der Waals surface area contributed by atoms with Crippen molar-refractivity contribution in [3.8, 4) is 0 Å². The summed E-state index contributed by atoms with van der Waals surface area (Å²) in [7, 11) is 1.57. The van der Waals surface area contributed by atoms with Crippen molar-refractivity contribution in [1.29, 1.82) is 0 Å². The van der Waals surface area contributed by atoms with Crippen molar-refractivity contribution in [2.75, 3.05) is 18.9 Å². The first-order valence-electron chi connectivity index (χ1n) is 6.37. The second-order valence-corrected chi connectivity index (χ2v) is 4.84. The molecule has 0 bridgehead atoms. The maximum Gasteiger partial charge on any atom is 0.246 e. The van der Waals surface area contributed by atoms with E-state index in [-0.39, 0.29) is 18.4 Å². The summed E-state index contributed by atoms with van der Waals surface area (Å²) < 4.78 is 0. The van der Waals surface area contributed by atoms with E-state index in [1.165, 1.54) is 29.4 Å². The van der Waals surface area contributed by atoms with Gasteiger partial charge in [-0.05, 0) is 42.5 Å². The molecule has 4 nitrogen and oxygen atoms in total. The number of carbonyl (C=O) groups is 2. The fourth-order valence-electron chi connectivity index (χ4n) is 1.90. The van der Waals surface area contributed by atoms with Crippen LogP contribution < -0.4 is 5.32 Å². The quantitative estimate of drug-likeness (QED) is 0.823. The van der Waals surface area contributed by atoms with Crippen molar-refractivity contribution >= 4 is 17.5 Å². The van der Waals surface area contributed by atoms with Crippen LogP contribution in [0, 0.1) is 0 Å². The Labute approximate surface area is 113 Å². The van der Waals surface area contributed by atoms with E-state index in [0.29, 0.717) is 5.92 Å². The van der Waals surface area contributed by atoms with Crippen molar-refractivity contribution in [3.63, 3.8) is 0 Å². The summed E-state index contributed by atoms with van der Waals surface area (Å²) in [6.07, 6.45) is 3.72. The summed E-state index contributed by atoms with van der Waals surface area (Å²) in [5.74, 6) is 0.234. The molecule has 1 saturated carbocycles. The zero-order valence-electron chi connectivity index (χ0n) is 11.1. The van der Waals surface area contributed by atoms with E-state index in [4.69, 9.17) is 0 Å². The average molecular weight is 258 g/mol. The molecule has 1 N–H and O–H groups in total. The molecule has 0 radical (unpaired) electrons. The van der Waals surface area contributed by atoms with Gasteiger partial charge >= 0.3 is 0 Å². The molecule has 1 aromatic rings. The van der Waals surface area contributed by atoms with Crippen molar-refractivity contribution in [2.24, 2.45) is 0 Å². The van der Waals surface area contributed by atoms with Crippen LogP contribution >= 0.6 is 0 Å². The number of hydrogen-bond donors (Lipinski definition) is 1. The monoisotopic (exact) mass is 258 g/mol. The third-order valence-electron chi connectivity index (χ3n) is 3.17. The first kappa shape index (κ1) is 13.3. The van der Waals surface area contributed by atoms with Crippen LogP contribution in [0.25, 0.3) is 0 Å². The number of hydrogen-bond acceptors (Lipinski definition) is 2. The Bertz CT molecular complexity index is 489. The number of benzene rings is 1. The Morgan fingerprint density at radius 2 is 2.00 bits per heavy atom. The molecule has 1 fully saturated rings. The van der Waals surface area contributed by atoms with Gasteiger partial charge in [-0.3, -0.25) is 9.59 Å². The lowest BCUT2D eigenvalue weighted by molar-refractivity contribution is -0.129. The summed E-state index contributed by atoms with van der Waals surface area (Å²) in [6, 6.07) is 7.90. The van der Waals surface area contributed by atoms with Crippen LogP contribution in [0.5, 0.6) is 0 Å². The van der Waals surface area contributed by atoms with Gasteiger partial charge in [0.05, 0.1) is 6.54 Å². The molecule has 2 rings (SSSR count). The highest BCUT2D eigenvalue weighted by Crippen LogP contribution is 2.40. The predicted molar refractivity (Wildman–Crippen MR) is 74.9 cm³/mol. The van der Waals surface area contributed by atoms with Crippen molar-refractivity contribution in [2.45, 2.75) is 18.8 Å². The van der Waals surface area contributed by atoms with Crippen molar-refractivity contribution in [1.82, 2.24) is 4.90 Å². The Kier molecular flexibility index (Phi) is 4.00. The lowest BCUT2D eigenvalue weighted by Crippen LogP contribution is -2.33. The first-order chi connectivity index (χ1) is 9.10. The fraction of sp³-hybridized carbons (Fsp3) is 0.333. The Morgan fingerprint density at radius 1 is 1.37 bits per heavy atom. The number of likely N-dealkylation sites (N-methyl/N-ethyl adjacent to an activating group) is 1. The Morgan fingerprint density at radius 3 is 2.53 bits per heavy atom. The molecule has 0 atom stereocenters. The zero-order chi connectivity index (χ0) is 13.8. The lowest BCUT2D eigenvalue weighted by atomic mass is 10.1. The van der Waals surface area contributed by atoms with Gasteiger partial charge in [0.25, 0.3) is 0 Å². The van der Waals surface area contributed by atoms with E-state index in [1.807, 2.05) is 24.3 Å². The Hall–Kier alpha value is -2.10. The van der Waals surface area contributed by atoms with Gasteiger partial charge in [-0.15, -0.1) is 0 Å². The molecule has 1 aliphatic carbocycles. The van der Waals surface area contributed by atoms with E-state index in [9.17, 15) is 9.59 Å². The summed E-state index contributed by atoms with van der Waals surface area (Å²) >= 11 is 0. The smallest absolute Gasteiger partial charge is 0.246 e. The van der Waals surface area contributed by atoms with Crippen molar-refractivity contribution < 1.29 is 9.59 Å². The molecule has 0 aliphatic heterocycles. The van der Waals surface area contributed by atoms with Gasteiger partial charge < -0.3 is 10.2 Å². The minimum atomic E-state index is -0.265. The van der Waals surface area contributed by atoms with E-state index >= 15 is 0 Å². The normalized spacial score (nSPS) is 13.7. The molecule has 1 aromatic carbocycles. The summed E-state index contributed by atoms with van der Waals surface area (Å²) in [5.41, 5.74) is 2.09. The van der Waals surface area contributed by atoms with Gasteiger partial charge in [0, 0.05) is 12.7 Å². The van der Waals surface area contributed by atoms with Crippen LogP contribution in [0.4, 0.5) is 5.69 Å². The van der Waals surface area contributed by atoms with Crippen LogP contribution in [0.3, 0.4) is 0 Å². The molecule has 0 unspecified atom stereocenters. The van der Waals surface area contributed by atoms with Gasteiger partial charge in [0.2, 0.25) is 11.8 Å². The predicted octanol–water partition coefficient (Wildman–Crippen LogP) is 2.15. The number of nitrogens with one attached hydrogen (secondary N) is 1. The molecule has 0 saturated heterocycles. The number of amides is 2. The molecule has 0 spiro atoms. The number of rotatable bonds is 5. The van der Waals surface area contributed by atoms with Crippen molar-refractivity contribution in [3.05, 3.63) is 42.5 Å². The van der Waals surface area contributed by atoms with Crippen LogP contribution in [0.1, 0.15) is 24.3 Å². The molecule has 1 aliphatic rings. The highest BCUT2D eigenvalue weighted by Gasteiger charge is 2.23. The van der Waals surface area contributed by atoms with Gasteiger partial charge in [-0.25, -0.2) is 0 Å². The van der Waals surface area contributed by atoms with Crippen LogP contribution in [0.2, 0.25) is 0 Å². The summed E-state index contributed by atoms with van der Waals surface area (Å²) in [6.45, 7) is 3.41. The van der Waals surface area contributed by atoms with E-state index < -0.39 is 0 Å². The highest BCUT2D eigenvalue weighted by molar-refractivity contribution is 5.96. The molecule has 0 heterocycles. The SMILES string of the molecule is C=CC(=O)N(C)CC(=O)Nc1ccc(C2CC2)cc1. The van der Waals surface area contributed by atoms with Gasteiger partial charge in [-0.1, -0.05) is 18.7 Å². The van der Waals surface area contributed by atoms with E-state index in [2.05, 4.69) is 11.9 Å². The fourth-order valence-corrected chi connectivity index (χ4v) is 1.90. The van der Waals surface area contributed by atoms with Crippen LogP contribution in [0.15, 0.2) is 36.9 Å². The zero-order valence-corrected chi connectivity index (χ0v) is 11.1. The topological polar surface area (TPSA) is 49.4 Å². The molecule has 0 aromatic heterocycles. The molecule has 19 heavy (non-hydrogen) atoms. The molecular weight excluding hydrogens is 240 g/mol. The van der Waals surface area contributed by atoms with E-state index in [1.54, 1.807) is 7.05 Å². The second kappa shape index (κ2) is 5.69. The maximum atomic E-state index is 11.7.